The molecule has 0 bridgehead atoms. The molecular weight excluding hydrogens is 290 g/mol. The third-order valence-electron chi connectivity index (χ3n) is 3.07. The summed E-state index contributed by atoms with van der Waals surface area (Å²) >= 11 is 0. The van der Waals surface area contributed by atoms with E-state index in [1.807, 2.05) is 6.92 Å². The van der Waals surface area contributed by atoms with Gasteiger partial charge in [0.25, 0.3) is 0 Å². The molecule has 0 atom stereocenters. The van der Waals surface area contributed by atoms with E-state index in [1.165, 1.54) is 12.4 Å². The number of nitrogens with one attached hydrogen (secondary N) is 1. The van der Waals surface area contributed by atoms with Gasteiger partial charge < -0.3 is 5.11 Å². The van der Waals surface area contributed by atoms with E-state index < -0.39 is 10.0 Å². The second kappa shape index (κ2) is 6.75. The third-order valence-corrected chi connectivity index (χ3v) is 4.55. The number of aryl methyl sites for hydroxylation is 1. The number of sulfonamides is 1. The molecule has 112 valence electrons. The van der Waals surface area contributed by atoms with Gasteiger partial charge in [-0.1, -0.05) is 19.1 Å². The summed E-state index contributed by atoms with van der Waals surface area (Å²) in [7, 11) is -3.66. The first kappa shape index (κ1) is 15.6. The van der Waals surface area contributed by atoms with Gasteiger partial charge >= 0.3 is 0 Å². The zero-order valence-corrected chi connectivity index (χ0v) is 12.5. The predicted molar refractivity (Wildman–Crippen MR) is 77.8 cm³/mol. The molecule has 0 aliphatic heterocycles. The Labute approximate surface area is 123 Å². The van der Waals surface area contributed by atoms with E-state index >= 15 is 0 Å². The van der Waals surface area contributed by atoms with Gasteiger partial charge in [-0.15, -0.1) is 0 Å². The van der Waals surface area contributed by atoms with Crippen molar-refractivity contribution in [3.05, 3.63) is 53.6 Å². The molecule has 2 rings (SSSR count). The highest BCUT2D eigenvalue weighted by Crippen LogP contribution is 2.19. The molecule has 0 radical (unpaired) electrons. The Balaban J connectivity index is 2.26. The second-order valence-corrected chi connectivity index (χ2v) is 6.21. The Morgan fingerprint density at radius 1 is 1.29 bits per heavy atom. The summed E-state index contributed by atoms with van der Waals surface area (Å²) in [5.74, 6) is 0. The highest BCUT2D eigenvalue weighted by Gasteiger charge is 2.18. The van der Waals surface area contributed by atoms with Gasteiger partial charge in [-0.2, -0.15) is 0 Å². The number of hydrogen-bond acceptors (Lipinski definition) is 5. The van der Waals surface area contributed by atoms with Crippen LogP contribution < -0.4 is 4.72 Å². The monoisotopic (exact) mass is 307 g/mol. The quantitative estimate of drug-likeness (QED) is 0.831. The average molecular weight is 307 g/mol. The standard InChI is InChI=1S/C14H17N3O3S/c1-2-12-4-3-11(9-18)7-14(12)21(19,20)17-8-13-5-6-15-10-16-13/h3-7,10,17-18H,2,8-9H2,1H3. The fourth-order valence-corrected chi connectivity index (χ4v) is 3.27. The van der Waals surface area contributed by atoms with E-state index in [-0.39, 0.29) is 18.0 Å². The van der Waals surface area contributed by atoms with E-state index in [4.69, 9.17) is 5.11 Å². The fraction of sp³-hybridized carbons (Fsp3) is 0.286. The van der Waals surface area contributed by atoms with Gasteiger partial charge in [0.1, 0.15) is 6.33 Å². The van der Waals surface area contributed by atoms with Crippen molar-refractivity contribution in [3.8, 4) is 0 Å². The van der Waals surface area contributed by atoms with Crippen LogP contribution in [-0.2, 0) is 29.6 Å². The first-order chi connectivity index (χ1) is 10.1. The minimum absolute atomic E-state index is 0.0946. The SMILES string of the molecule is CCc1ccc(CO)cc1S(=O)(=O)NCc1ccncn1. The van der Waals surface area contributed by atoms with E-state index in [9.17, 15) is 8.42 Å². The van der Waals surface area contributed by atoms with Crippen molar-refractivity contribution in [2.24, 2.45) is 0 Å². The van der Waals surface area contributed by atoms with Crippen LogP contribution in [0.2, 0.25) is 0 Å². The zero-order valence-electron chi connectivity index (χ0n) is 11.7. The minimum atomic E-state index is -3.66. The zero-order chi connectivity index (χ0) is 15.3. The molecule has 0 saturated carbocycles. The molecular formula is C14H17N3O3S. The van der Waals surface area contributed by atoms with Gasteiger partial charge in [0.05, 0.1) is 23.7 Å². The molecule has 0 spiro atoms. The van der Waals surface area contributed by atoms with E-state index in [1.54, 1.807) is 24.4 Å². The smallest absolute Gasteiger partial charge is 0.241 e. The molecule has 1 aromatic carbocycles. The normalized spacial score (nSPS) is 11.5. The molecule has 0 fully saturated rings. The average Bonchev–Trinajstić information content (AvgIpc) is 2.53. The summed E-state index contributed by atoms with van der Waals surface area (Å²) in [6.07, 6.45) is 3.52. The molecule has 2 N–H and O–H groups in total. The van der Waals surface area contributed by atoms with Crippen molar-refractivity contribution in [1.29, 1.82) is 0 Å². The van der Waals surface area contributed by atoms with Crippen molar-refractivity contribution < 1.29 is 13.5 Å². The van der Waals surface area contributed by atoms with Crippen molar-refractivity contribution in [2.75, 3.05) is 0 Å². The Bertz CT molecular complexity index is 703. The molecule has 1 heterocycles. The molecule has 0 amide bonds. The van der Waals surface area contributed by atoms with Gasteiger partial charge in [0.15, 0.2) is 0 Å². The summed E-state index contributed by atoms with van der Waals surface area (Å²) in [6.45, 7) is 1.78. The summed E-state index contributed by atoms with van der Waals surface area (Å²) < 4.78 is 27.4. The largest absolute Gasteiger partial charge is 0.392 e. The van der Waals surface area contributed by atoms with Crippen LogP contribution in [0.25, 0.3) is 0 Å². The van der Waals surface area contributed by atoms with E-state index in [0.29, 0.717) is 23.2 Å². The molecule has 21 heavy (non-hydrogen) atoms. The number of aromatic nitrogens is 2. The Morgan fingerprint density at radius 2 is 2.10 bits per heavy atom. The molecule has 7 heteroatoms. The summed E-state index contributed by atoms with van der Waals surface area (Å²) in [6, 6.07) is 6.60. The number of hydrogen-bond donors (Lipinski definition) is 2. The molecule has 0 saturated heterocycles. The summed E-state index contributed by atoms with van der Waals surface area (Å²) in [5.41, 5.74) is 1.86. The van der Waals surface area contributed by atoms with E-state index in [0.717, 1.165) is 0 Å². The van der Waals surface area contributed by atoms with Crippen molar-refractivity contribution in [1.82, 2.24) is 14.7 Å². The Kier molecular flexibility index (Phi) is 5.00. The fourth-order valence-electron chi connectivity index (χ4n) is 1.91. The lowest BCUT2D eigenvalue weighted by atomic mass is 10.1. The summed E-state index contributed by atoms with van der Waals surface area (Å²) in [5, 5.41) is 9.17. The highest BCUT2D eigenvalue weighted by atomic mass is 32.2. The second-order valence-electron chi connectivity index (χ2n) is 4.48. The van der Waals surface area contributed by atoms with Crippen LogP contribution in [0, 0.1) is 0 Å². The highest BCUT2D eigenvalue weighted by molar-refractivity contribution is 7.89. The van der Waals surface area contributed by atoms with Crippen molar-refractivity contribution in [3.63, 3.8) is 0 Å². The van der Waals surface area contributed by atoms with Crippen LogP contribution in [0.3, 0.4) is 0 Å². The number of aliphatic hydroxyl groups is 1. The minimum Gasteiger partial charge on any atom is -0.392 e. The van der Waals surface area contributed by atoms with Crippen molar-refractivity contribution >= 4 is 10.0 Å². The molecule has 6 nitrogen and oxygen atoms in total. The third kappa shape index (κ3) is 3.84. The van der Waals surface area contributed by atoms with Gasteiger partial charge in [-0.25, -0.2) is 23.1 Å². The molecule has 0 unspecified atom stereocenters. The Hall–Kier alpha value is -1.83. The lowest BCUT2D eigenvalue weighted by molar-refractivity contribution is 0.281. The number of nitrogens with zero attached hydrogens (tertiary/aromatic N) is 2. The first-order valence-corrected chi connectivity index (χ1v) is 8.02. The van der Waals surface area contributed by atoms with Gasteiger partial charge in [0.2, 0.25) is 10.0 Å². The Morgan fingerprint density at radius 3 is 2.71 bits per heavy atom. The molecule has 2 aromatic rings. The van der Waals surface area contributed by atoms with Crippen LogP contribution >= 0.6 is 0 Å². The van der Waals surface area contributed by atoms with Crippen LogP contribution in [0.1, 0.15) is 23.7 Å². The van der Waals surface area contributed by atoms with E-state index in [2.05, 4.69) is 14.7 Å². The molecule has 0 aliphatic carbocycles. The lowest BCUT2D eigenvalue weighted by Crippen LogP contribution is -2.25. The number of aliphatic hydroxyl groups excluding tert-OH is 1. The van der Waals surface area contributed by atoms with Crippen LogP contribution in [0.4, 0.5) is 0 Å². The van der Waals surface area contributed by atoms with Crippen molar-refractivity contribution in [2.45, 2.75) is 31.4 Å². The maximum Gasteiger partial charge on any atom is 0.241 e. The molecule has 0 aliphatic rings. The predicted octanol–water partition coefficient (Wildman–Crippen LogP) is 1.01. The summed E-state index contributed by atoms with van der Waals surface area (Å²) in [4.78, 5) is 7.96. The van der Waals surface area contributed by atoms with Gasteiger partial charge in [-0.3, -0.25) is 0 Å². The topological polar surface area (TPSA) is 92.2 Å². The van der Waals surface area contributed by atoms with Crippen LogP contribution in [-0.4, -0.2) is 23.5 Å². The van der Waals surface area contributed by atoms with Crippen LogP contribution in [0.15, 0.2) is 41.7 Å². The van der Waals surface area contributed by atoms with Gasteiger partial charge in [0, 0.05) is 6.20 Å². The number of benzene rings is 1. The lowest BCUT2D eigenvalue weighted by Gasteiger charge is -2.11. The maximum atomic E-state index is 12.4. The number of rotatable bonds is 6. The first-order valence-electron chi connectivity index (χ1n) is 6.54. The van der Waals surface area contributed by atoms with Crippen LogP contribution in [0.5, 0.6) is 0 Å². The maximum absolute atomic E-state index is 12.4. The molecule has 1 aromatic heterocycles. The van der Waals surface area contributed by atoms with Gasteiger partial charge in [-0.05, 0) is 29.7 Å².